The average Bonchev–Trinajstić information content (AvgIpc) is 1.59. The van der Waals surface area contributed by atoms with E-state index in [9.17, 15) is 0 Å². The van der Waals surface area contributed by atoms with Crippen molar-refractivity contribution in [2.75, 3.05) is 0 Å². The molecule has 0 saturated carbocycles. The van der Waals surface area contributed by atoms with Crippen LogP contribution in [0, 0.1) is 0 Å². The predicted octanol–water partition coefficient (Wildman–Crippen LogP) is 0.183. The Bertz CT molecular complexity index is 136. The molecule has 0 aromatic carbocycles. The van der Waals surface area contributed by atoms with E-state index in [1.165, 1.54) is 4.52 Å². The Kier molecular flexibility index (Phi) is 2.59. The van der Waals surface area contributed by atoms with Gasteiger partial charge in [0.05, 0.1) is 10.4 Å². The quantitative estimate of drug-likeness (QED) is 0.345. The molecule has 0 aromatic rings. The molecular formula is C3H7N3S3. The summed E-state index contributed by atoms with van der Waals surface area (Å²) in [6, 6.07) is 0. The van der Waals surface area contributed by atoms with Crippen molar-refractivity contribution >= 4 is 38.1 Å². The van der Waals surface area contributed by atoms with Crippen LogP contribution in [0.3, 0.4) is 0 Å². The lowest BCUT2D eigenvalue weighted by molar-refractivity contribution is 0.291. The fourth-order valence-corrected chi connectivity index (χ4v) is 1.52. The molecule has 3 nitrogen and oxygen atoms in total. The zero-order valence-corrected chi connectivity index (χ0v) is 7.13. The molecule has 0 spiro atoms. The second-order valence-electron chi connectivity index (χ2n) is 1.55. The van der Waals surface area contributed by atoms with Gasteiger partial charge in [-0.3, -0.25) is 5.43 Å². The second kappa shape index (κ2) is 3.07. The highest BCUT2D eigenvalue weighted by molar-refractivity contribution is 7.84. The molecule has 1 rings (SSSR count). The van der Waals surface area contributed by atoms with Gasteiger partial charge in [0.2, 0.25) is 0 Å². The average molecular weight is 181 g/mol. The third-order valence-corrected chi connectivity index (χ3v) is 1.52. The minimum atomic E-state index is -0.0174. The van der Waals surface area contributed by atoms with E-state index in [0.29, 0.717) is 0 Å². The van der Waals surface area contributed by atoms with Gasteiger partial charge >= 0.3 is 0 Å². The Morgan fingerprint density at radius 1 is 1.67 bits per heavy atom. The molecule has 1 aliphatic rings. The van der Waals surface area contributed by atoms with E-state index in [1.54, 1.807) is 0 Å². The predicted molar refractivity (Wildman–Crippen MR) is 46.9 cm³/mol. The van der Waals surface area contributed by atoms with E-state index in [4.69, 9.17) is 0 Å². The van der Waals surface area contributed by atoms with Crippen molar-refractivity contribution in [3.63, 3.8) is 0 Å². The van der Waals surface area contributed by atoms with Gasteiger partial charge in [0.25, 0.3) is 0 Å². The smallest absolute Gasteiger partial charge is 0.0875 e. The fraction of sp³-hybridized carbons (Fsp3) is 0.333. The highest BCUT2D eigenvalue weighted by atomic mass is 32.1. The van der Waals surface area contributed by atoms with Crippen molar-refractivity contribution in [1.29, 1.82) is 0 Å². The first-order valence-electron chi connectivity index (χ1n) is 2.29. The molecule has 0 bridgehead atoms. The third-order valence-electron chi connectivity index (χ3n) is 0.791. The maximum atomic E-state index is 4.11. The van der Waals surface area contributed by atoms with Gasteiger partial charge in [-0.25, -0.2) is 5.43 Å². The standard InChI is InChI=1S/C3H7N3S3/c7-2-1-3(8)5-6(9)4-2/h1-2,4-5,7-9H. The summed E-state index contributed by atoms with van der Waals surface area (Å²) in [7, 11) is 0. The van der Waals surface area contributed by atoms with Gasteiger partial charge in [0.1, 0.15) is 0 Å². The van der Waals surface area contributed by atoms with E-state index in [-0.39, 0.29) is 5.37 Å². The normalized spacial score (nSPS) is 29.2. The largest absolute Gasteiger partial charge is 0.290 e. The zero-order chi connectivity index (χ0) is 6.85. The topological polar surface area (TPSA) is 27.3 Å². The molecule has 2 N–H and O–H groups in total. The summed E-state index contributed by atoms with van der Waals surface area (Å²) < 4.78 is 1.40. The first-order valence-corrected chi connectivity index (χ1v) is 3.65. The van der Waals surface area contributed by atoms with Crippen molar-refractivity contribution in [2.24, 2.45) is 0 Å². The van der Waals surface area contributed by atoms with Crippen LogP contribution in [0.5, 0.6) is 0 Å². The molecule has 9 heavy (non-hydrogen) atoms. The molecule has 6 heteroatoms. The van der Waals surface area contributed by atoms with Crippen LogP contribution in [0.2, 0.25) is 0 Å². The number of rotatable bonds is 0. The summed E-state index contributed by atoms with van der Waals surface area (Å²) in [5.41, 5.74) is 5.61. The first kappa shape index (κ1) is 7.62. The van der Waals surface area contributed by atoms with Crippen molar-refractivity contribution in [3.8, 4) is 0 Å². The van der Waals surface area contributed by atoms with Gasteiger partial charge in [-0.1, -0.05) is 12.8 Å². The van der Waals surface area contributed by atoms with Crippen LogP contribution in [0.4, 0.5) is 0 Å². The SMILES string of the molecule is SC1=CC(S)NN(S)N1. The molecule has 0 aromatic heterocycles. The molecule has 0 aliphatic carbocycles. The van der Waals surface area contributed by atoms with Crippen LogP contribution in [0.1, 0.15) is 0 Å². The highest BCUT2D eigenvalue weighted by Crippen LogP contribution is 2.08. The summed E-state index contributed by atoms with van der Waals surface area (Å²) in [5, 5.41) is 0.722. The molecule has 0 fully saturated rings. The van der Waals surface area contributed by atoms with Crippen molar-refractivity contribution in [3.05, 3.63) is 11.1 Å². The van der Waals surface area contributed by atoms with Gasteiger partial charge in [0.15, 0.2) is 0 Å². The second-order valence-corrected chi connectivity index (χ2v) is 2.99. The van der Waals surface area contributed by atoms with Gasteiger partial charge < -0.3 is 0 Å². The molecule has 1 atom stereocenters. The number of hydrogen-bond acceptors (Lipinski definition) is 6. The zero-order valence-electron chi connectivity index (χ0n) is 4.44. The molecule has 0 amide bonds. The first-order chi connectivity index (χ1) is 4.18. The summed E-state index contributed by atoms with van der Waals surface area (Å²) in [5.74, 6) is 0. The lowest BCUT2D eigenvalue weighted by atomic mass is 10.6. The molecule has 1 aliphatic heterocycles. The van der Waals surface area contributed by atoms with Crippen LogP contribution < -0.4 is 10.9 Å². The van der Waals surface area contributed by atoms with E-state index in [2.05, 4.69) is 48.9 Å². The van der Waals surface area contributed by atoms with Crippen molar-refractivity contribution in [2.45, 2.75) is 5.37 Å². The van der Waals surface area contributed by atoms with Crippen molar-refractivity contribution in [1.82, 2.24) is 15.4 Å². The molecule has 0 radical (unpaired) electrons. The number of thiol groups is 3. The Hall–Kier alpha value is 0.510. The number of hydrazine groups is 2. The molecule has 1 heterocycles. The maximum Gasteiger partial charge on any atom is 0.0875 e. The van der Waals surface area contributed by atoms with Gasteiger partial charge in [0, 0.05) is 0 Å². The minimum Gasteiger partial charge on any atom is -0.290 e. The summed E-state index contributed by atoms with van der Waals surface area (Å²) in [4.78, 5) is 0. The van der Waals surface area contributed by atoms with Gasteiger partial charge in [-0.2, -0.15) is 12.6 Å². The van der Waals surface area contributed by atoms with Gasteiger partial charge in [-0.15, -0.1) is 17.2 Å². The van der Waals surface area contributed by atoms with Gasteiger partial charge in [-0.05, 0) is 6.08 Å². The van der Waals surface area contributed by atoms with E-state index < -0.39 is 0 Å². The summed E-state index contributed by atoms with van der Waals surface area (Å²) in [6.45, 7) is 0. The Labute approximate surface area is 70.2 Å². The van der Waals surface area contributed by atoms with Crippen LogP contribution in [-0.4, -0.2) is 9.90 Å². The summed E-state index contributed by atoms with van der Waals surface area (Å²) >= 11 is 12.1. The minimum absolute atomic E-state index is 0.0174. The lowest BCUT2D eigenvalue weighted by Gasteiger charge is -2.25. The fourth-order valence-electron chi connectivity index (χ4n) is 0.490. The Morgan fingerprint density at radius 3 is 2.78 bits per heavy atom. The Morgan fingerprint density at radius 2 is 2.33 bits per heavy atom. The Balaban J connectivity index is 2.56. The molecular weight excluding hydrogens is 174 g/mol. The molecule has 1 unspecified atom stereocenters. The van der Waals surface area contributed by atoms with Crippen molar-refractivity contribution < 1.29 is 0 Å². The van der Waals surface area contributed by atoms with Crippen LogP contribution in [-0.2, 0) is 0 Å². The molecule has 0 saturated heterocycles. The van der Waals surface area contributed by atoms with Crippen LogP contribution in [0.25, 0.3) is 0 Å². The highest BCUT2D eigenvalue weighted by Gasteiger charge is 2.09. The monoisotopic (exact) mass is 181 g/mol. The number of hydrogen-bond donors (Lipinski definition) is 5. The summed E-state index contributed by atoms with van der Waals surface area (Å²) in [6.07, 6.45) is 1.82. The van der Waals surface area contributed by atoms with E-state index >= 15 is 0 Å². The van der Waals surface area contributed by atoms with Crippen LogP contribution >= 0.6 is 38.1 Å². The van der Waals surface area contributed by atoms with Crippen LogP contribution in [0.15, 0.2) is 11.1 Å². The lowest BCUT2D eigenvalue weighted by Crippen LogP contribution is -2.46. The maximum absolute atomic E-state index is 4.11. The number of nitrogens with zero attached hydrogens (tertiary/aromatic N) is 1. The molecule has 52 valence electrons. The number of nitrogens with one attached hydrogen (secondary N) is 2. The van der Waals surface area contributed by atoms with E-state index in [0.717, 1.165) is 5.03 Å². The van der Waals surface area contributed by atoms with E-state index in [1.807, 2.05) is 6.08 Å². The third kappa shape index (κ3) is 2.30.